The zero-order chi connectivity index (χ0) is 20.7. The second-order valence-corrected chi connectivity index (χ2v) is 8.33. The van der Waals surface area contributed by atoms with Crippen LogP contribution in [0.25, 0.3) is 63.5 Å². The van der Waals surface area contributed by atoms with E-state index >= 15 is 0 Å². The van der Waals surface area contributed by atoms with Gasteiger partial charge in [0.25, 0.3) is 0 Å². The molecule has 29 heavy (non-hydrogen) atoms. The fraction of sp³-hybridized carbons (Fsp3) is 0. The van der Waals surface area contributed by atoms with Crippen molar-refractivity contribution in [1.82, 2.24) is 10.2 Å². The summed E-state index contributed by atoms with van der Waals surface area (Å²) in [5.74, 6) is 0. The summed E-state index contributed by atoms with van der Waals surface area (Å²) < 4.78 is 19.3. The molecule has 134 valence electrons. The predicted molar refractivity (Wildman–Crippen MR) is 125 cm³/mol. The monoisotopic (exact) mass is 388 g/mol. The molecule has 0 aliphatic rings. The van der Waals surface area contributed by atoms with E-state index in [2.05, 4.69) is 40.5 Å². The van der Waals surface area contributed by atoms with E-state index in [1.54, 1.807) is 11.3 Å². The zero-order valence-corrected chi connectivity index (χ0v) is 16.0. The molecule has 7 rings (SSSR count). The lowest BCUT2D eigenvalue weighted by atomic mass is 9.96. The van der Waals surface area contributed by atoms with Crippen LogP contribution in [0.2, 0.25) is 0 Å². The van der Waals surface area contributed by atoms with Gasteiger partial charge in [-0.15, -0.1) is 21.5 Å². The average molecular weight is 388 g/mol. The molecule has 0 fully saturated rings. The van der Waals surface area contributed by atoms with Crippen LogP contribution in [0, 0.1) is 0 Å². The third-order valence-corrected chi connectivity index (χ3v) is 6.89. The van der Waals surface area contributed by atoms with Crippen LogP contribution in [0.5, 0.6) is 0 Å². The molecule has 0 aliphatic carbocycles. The smallest absolute Gasteiger partial charge is 0.104 e. The minimum absolute atomic E-state index is 0.412. The number of thiophene rings is 1. The van der Waals surface area contributed by atoms with E-state index in [4.69, 9.17) is 2.74 Å². The van der Waals surface area contributed by atoms with Crippen molar-refractivity contribution in [1.29, 1.82) is 0 Å². The summed E-state index contributed by atoms with van der Waals surface area (Å²) in [7, 11) is 0. The molecule has 0 radical (unpaired) electrons. The summed E-state index contributed by atoms with van der Waals surface area (Å²) in [6, 6.07) is 25.3. The standard InChI is InChI=1S/C26H14N2S/c1-2-8-16-14-21-20(13-15(16)7-1)23-17-9-3-4-10-18(17)26-24(25(23)28-27-21)19-11-5-6-12-22(19)29-26/h1-14H/i12D,14D. The van der Waals surface area contributed by atoms with Crippen LogP contribution in [0.3, 0.4) is 0 Å². The van der Waals surface area contributed by atoms with Crippen molar-refractivity contribution >= 4 is 74.9 Å². The van der Waals surface area contributed by atoms with E-state index in [-0.39, 0.29) is 0 Å². The summed E-state index contributed by atoms with van der Waals surface area (Å²) in [5, 5.41) is 17.5. The molecule has 0 aliphatic heterocycles. The fourth-order valence-corrected chi connectivity index (χ4v) is 5.66. The third kappa shape index (κ3) is 2.00. The van der Waals surface area contributed by atoms with Crippen molar-refractivity contribution in [3.8, 4) is 0 Å². The molecule has 2 heterocycles. The van der Waals surface area contributed by atoms with Gasteiger partial charge in [0.2, 0.25) is 0 Å². The van der Waals surface area contributed by atoms with E-state index in [0.717, 1.165) is 58.0 Å². The number of hydrogen-bond acceptors (Lipinski definition) is 3. The van der Waals surface area contributed by atoms with Crippen molar-refractivity contribution in [2.24, 2.45) is 0 Å². The Hall–Kier alpha value is -3.56. The molecule has 3 heteroatoms. The molecule has 2 aromatic heterocycles. The largest absolute Gasteiger partial charge is 0.150 e. The van der Waals surface area contributed by atoms with Crippen molar-refractivity contribution in [3.05, 3.63) is 84.9 Å². The highest BCUT2D eigenvalue weighted by Crippen LogP contribution is 2.44. The van der Waals surface area contributed by atoms with E-state index in [1.807, 2.05) is 42.5 Å². The number of aromatic nitrogens is 2. The molecule has 5 aromatic carbocycles. The highest BCUT2D eigenvalue weighted by Gasteiger charge is 2.17. The van der Waals surface area contributed by atoms with Crippen LogP contribution < -0.4 is 0 Å². The molecule has 0 N–H and O–H groups in total. The van der Waals surface area contributed by atoms with Gasteiger partial charge in [-0.25, -0.2) is 0 Å². The maximum Gasteiger partial charge on any atom is 0.104 e. The van der Waals surface area contributed by atoms with Gasteiger partial charge in [0.05, 0.1) is 8.26 Å². The first kappa shape index (κ1) is 13.6. The number of hydrogen-bond donors (Lipinski definition) is 0. The van der Waals surface area contributed by atoms with Gasteiger partial charge in [-0.05, 0) is 34.3 Å². The Morgan fingerprint density at radius 3 is 2.38 bits per heavy atom. The minimum atomic E-state index is 0.412. The van der Waals surface area contributed by atoms with Crippen molar-refractivity contribution in [2.45, 2.75) is 0 Å². The molecule has 7 aromatic rings. The number of nitrogens with zero attached hydrogens (tertiary/aromatic N) is 2. The lowest BCUT2D eigenvalue weighted by Gasteiger charge is -2.10. The van der Waals surface area contributed by atoms with Gasteiger partial charge in [-0.3, -0.25) is 0 Å². The molecule has 0 spiro atoms. The van der Waals surface area contributed by atoms with Crippen molar-refractivity contribution in [2.75, 3.05) is 0 Å². The first-order chi connectivity index (χ1) is 15.2. The summed E-state index contributed by atoms with van der Waals surface area (Å²) in [5.41, 5.74) is 1.46. The Labute approximate surface area is 172 Å². The van der Waals surface area contributed by atoms with Gasteiger partial charge in [0.1, 0.15) is 5.52 Å². The molecule has 0 saturated heterocycles. The van der Waals surface area contributed by atoms with Crippen molar-refractivity contribution < 1.29 is 2.74 Å². The fourth-order valence-electron chi connectivity index (χ4n) is 4.45. The van der Waals surface area contributed by atoms with Crippen LogP contribution in [0.15, 0.2) is 84.9 Å². The Morgan fingerprint density at radius 1 is 0.690 bits per heavy atom. The maximum atomic E-state index is 8.78. The normalized spacial score (nSPS) is 13.1. The van der Waals surface area contributed by atoms with E-state index in [1.165, 1.54) is 0 Å². The van der Waals surface area contributed by atoms with Gasteiger partial charge >= 0.3 is 0 Å². The van der Waals surface area contributed by atoms with Crippen LogP contribution in [-0.2, 0) is 0 Å². The van der Waals surface area contributed by atoms with Crippen LogP contribution in [-0.4, -0.2) is 10.2 Å². The van der Waals surface area contributed by atoms with Gasteiger partial charge < -0.3 is 0 Å². The summed E-state index contributed by atoms with van der Waals surface area (Å²) >= 11 is 1.65. The first-order valence-corrected chi connectivity index (χ1v) is 10.3. The predicted octanol–water partition coefficient (Wildman–Crippen LogP) is 7.46. The lowest BCUT2D eigenvalue weighted by Crippen LogP contribution is -1.90. The maximum absolute atomic E-state index is 8.78. The Bertz CT molecular complexity index is 1870. The number of benzene rings is 5. The summed E-state index contributed by atoms with van der Waals surface area (Å²) in [6.45, 7) is 0. The molecule has 0 bridgehead atoms. The van der Waals surface area contributed by atoms with Gasteiger partial charge in [-0.2, -0.15) is 0 Å². The topological polar surface area (TPSA) is 25.8 Å². The summed E-state index contributed by atoms with van der Waals surface area (Å²) in [6.07, 6.45) is 0. The number of rotatable bonds is 0. The highest BCUT2D eigenvalue weighted by molar-refractivity contribution is 7.27. The van der Waals surface area contributed by atoms with E-state index in [0.29, 0.717) is 17.6 Å². The summed E-state index contributed by atoms with van der Waals surface area (Å²) in [4.78, 5) is 0. The van der Waals surface area contributed by atoms with Crippen LogP contribution in [0.4, 0.5) is 0 Å². The molecular formula is C26H14N2S. The first-order valence-electron chi connectivity index (χ1n) is 10.5. The highest BCUT2D eigenvalue weighted by atomic mass is 32.1. The second kappa shape index (κ2) is 5.49. The molecule has 0 atom stereocenters. The lowest BCUT2D eigenvalue weighted by molar-refractivity contribution is 1.13. The van der Waals surface area contributed by atoms with Gasteiger partial charge in [-0.1, -0.05) is 66.7 Å². The zero-order valence-electron chi connectivity index (χ0n) is 17.2. The third-order valence-electron chi connectivity index (χ3n) is 5.72. The number of fused-ring (bicyclic) bond motifs is 11. The van der Waals surface area contributed by atoms with Crippen LogP contribution in [0.1, 0.15) is 2.74 Å². The van der Waals surface area contributed by atoms with E-state index in [9.17, 15) is 0 Å². The van der Waals surface area contributed by atoms with E-state index < -0.39 is 0 Å². The molecule has 0 amide bonds. The second-order valence-electron chi connectivity index (χ2n) is 7.31. The Balaban J connectivity index is 1.86. The Kier molecular flexibility index (Phi) is 2.57. The SMILES string of the molecule is [2H]c1c2ccccc2cc2c1nnc1c2c2ccccc2c2sc3c([2H])cccc3c12. The quantitative estimate of drug-likeness (QED) is 0.199. The average Bonchev–Trinajstić information content (AvgIpc) is 3.20. The Morgan fingerprint density at radius 2 is 1.45 bits per heavy atom. The molecule has 0 unspecified atom stereocenters. The van der Waals surface area contributed by atoms with Gasteiger partial charge in [0.15, 0.2) is 0 Å². The van der Waals surface area contributed by atoms with Crippen LogP contribution >= 0.6 is 11.3 Å². The molecule has 2 nitrogen and oxygen atoms in total. The van der Waals surface area contributed by atoms with Crippen molar-refractivity contribution in [3.63, 3.8) is 0 Å². The minimum Gasteiger partial charge on any atom is -0.150 e. The molecule has 0 saturated carbocycles. The van der Waals surface area contributed by atoms with Gasteiger partial charge in [0, 0.05) is 36.3 Å². The molecular weight excluding hydrogens is 372 g/mol.